The van der Waals surface area contributed by atoms with Crippen molar-refractivity contribution >= 4 is 96.1 Å². The summed E-state index contributed by atoms with van der Waals surface area (Å²) in [6.07, 6.45) is 0. The predicted octanol–water partition coefficient (Wildman–Crippen LogP) is 17.5. The molecule has 12 aromatic carbocycles. The molecule has 0 bridgehead atoms. The van der Waals surface area contributed by atoms with Gasteiger partial charge in [-0.3, -0.25) is 0 Å². The summed E-state index contributed by atoms with van der Waals surface area (Å²) in [4.78, 5) is 10.6. The summed E-state index contributed by atoms with van der Waals surface area (Å²) < 4.78 is 2.63. The molecule has 0 radical (unpaired) electrons. The third-order valence-corrected chi connectivity index (χ3v) is 14.8. The minimum atomic E-state index is 0.700. The normalized spacial score (nSPS) is 12.0. The van der Waals surface area contributed by atoms with E-state index in [1.807, 2.05) is 17.4 Å². The Bertz CT molecular complexity index is 4220. The fourth-order valence-electron chi connectivity index (χ4n) is 10.6. The fraction of sp³-hybridized carbons (Fsp3) is 0. The van der Waals surface area contributed by atoms with Crippen molar-refractivity contribution < 1.29 is 0 Å². The average Bonchev–Trinajstić information content (AvgIpc) is 3.76. The molecule has 0 amide bonds. The maximum absolute atomic E-state index is 5.36. The Hall–Kier alpha value is -8.24. The van der Waals surface area contributed by atoms with E-state index in [-0.39, 0.29) is 0 Å². The van der Waals surface area contributed by atoms with Crippen molar-refractivity contribution in [1.82, 2.24) is 9.97 Å². The average molecular weight is 841 g/mol. The summed E-state index contributed by atoms with van der Waals surface area (Å²) in [6, 6.07) is 79.9. The van der Waals surface area contributed by atoms with Crippen LogP contribution >= 0.6 is 11.3 Å². The van der Waals surface area contributed by atoms with Crippen LogP contribution in [0, 0.1) is 0 Å². The highest BCUT2D eigenvalue weighted by atomic mass is 32.1. The molecule has 0 unspecified atom stereocenters. The number of rotatable bonds is 5. The largest absolute Gasteiger partial charge is 0.228 e. The number of hydrogen-bond donors (Lipinski definition) is 0. The lowest BCUT2D eigenvalue weighted by molar-refractivity contribution is 1.18. The molecule has 2 nitrogen and oxygen atoms in total. The maximum Gasteiger partial charge on any atom is 0.160 e. The second-order valence-corrected chi connectivity index (χ2v) is 18.2. The fourth-order valence-corrected chi connectivity index (χ4v) is 11.9. The summed E-state index contributed by atoms with van der Waals surface area (Å²) in [5.41, 5.74) is 9.57. The molecule has 0 N–H and O–H groups in total. The van der Waals surface area contributed by atoms with Crippen LogP contribution in [0.25, 0.3) is 141 Å². The first-order chi connectivity index (χ1) is 32.2. The molecule has 0 spiro atoms. The zero-order valence-corrected chi connectivity index (χ0v) is 35.9. The van der Waals surface area contributed by atoms with Gasteiger partial charge in [0.1, 0.15) is 0 Å². The van der Waals surface area contributed by atoms with Crippen LogP contribution < -0.4 is 0 Å². The first kappa shape index (κ1) is 36.3. The Morgan fingerprint density at radius 3 is 1.52 bits per heavy atom. The highest BCUT2D eigenvalue weighted by molar-refractivity contribution is 7.26. The molecule has 0 saturated heterocycles. The molecule has 0 aliphatic carbocycles. The van der Waals surface area contributed by atoms with Gasteiger partial charge in [-0.05, 0) is 111 Å². The monoisotopic (exact) mass is 840 g/mol. The SMILES string of the molecule is c1ccc(-c2nc(-c3ccc(-c4cccc5c4sc4ccccc45)cc3)cc(-c3ccccc3-c3cc4ccc5cccc6c7cccc8ccc9cccc(c(c3)c4c56)c9c87)n2)cc1. The van der Waals surface area contributed by atoms with Crippen LogP contribution in [-0.2, 0) is 0 Å². The summed E-state index contributed by atoms with van der Waals surface area (Å²) in [5, 5.41) is 17.9. The second-order valence-electron chi connectivity index (χ2n) is 17.2. The topological polar surface area (TPSA) is 25.8 Å². The second kappa shape index (κ2) is 14.1. The van der Waals surface area contributed by atoms with Gasteiger partial charge in [0, 0.05) is 36.9 Å². The van der Waals surface area contributed by atoms with Gasteiger partial charge in [-0.15, -0.1) is 11.3 Å². The smallest absolute Gasteiger partial charge is 0.160 e. The van der Waals surface area contributed by atoms with E-state index in [0.29, 0.717) is 5.82 Å². The molecule has 2 heterocycles. The Balaban J connectivity index is 0.980. The van der Waals surface area contributed by atoms with Crippen molar-refractivity contribution in [1.29, 1.82) is 0 Å². The van der Waals surface area contributed by atoms with Crippen molar-refractivity contribution in [2.75, 3.05) is 0 Å². The number of benzene rings is 11. The molecule has 3 heteroatoms. The van der Waals surface area contributed by atoms with Crippen LogP contribution in [0.4, 0.5) is 0 Å². The van der Waals surface area contributed by atoms with E-state index in [2.05, 4.69) is 212 Å². The number of fused-ring (bicyclic) bond motifs is 5. The molecule has 0 aliphatic rings. The number of thiophene rings is 1. The highest BCUT2D eigenvalue weighted by Gasteiger charge is 2.19. The van der Waals surface area contributed by atoms with Gasteiger partial charge in [0.25, 0.3) is 0 Å². The molecule has 300 valence electrons. The van der Waals surface area contributed by atoms with E-state index in [1.165, 1.54) is 95.9 Å². The third-order valence-electron chi connectivity index (χ3n) is 13.6. The number of aromatic nitrogens is 2. The predicted molar refractivity (Wildman–Crippen MR) is 278 cm³/mol. The molecule has 14 rings (SSSR count). The van der Waals surface area contributed by atoms with E-state index >= 15 is 0 Å². The molecule has 0 saturated carbocycles. The van der Waals surface area contributed by atoms with E-state index in [0.717, 1.165) is 39.2 Å². The Morgan fingerprint density at radius 1 is 0.277 bits per heavy atom. The lowest BCUT2D eigenvalue weighted by Gasteiger charge is -2.18. The van der Waals surface area contributed by atoms with Crippen LogP contribution in [0.2, 0.25) is 0 Å². The molecule has 0 aliphatic heterocycles. The van der Waals surface area contributed by atoms with Crippen molar-refractivity contribution in [2.24, 2.45) is 0 Å². The standard InChI is InChI=1S/C62H36N2S/c1-2-12-42(13-3-1)62-63-54(38-28-26-37(27-29-38)46-20-11-24-52-48-19-6-7-25-56(48)65-61(46)52)36-55(64-62)47-18-5-4-17-45(47)44-34-43-33-32-41-15-9-22-50-49-21-8-14-39-30-31-40-16-10-23-51(59(40)57(39)49)53(35-44)60(43)58(41)50/h1-36H. The van der Waals surface area contributed by atoms with E-state index < -0.39 is 0 Å². The molecular formula is C62H36N2S. The van der Waals surface area contributed by atoms with Crippen molar-refractivity contribution in [3.05, 3.63) is 218 Å². The Morgan fingerprint density at radius 2 is 0.800 bits per heavy atom. The van der Waals surface area contributed by atoms with Crippen LogP contribution in [0.3, 0.4) is 0 Å². The minimum Gasteiger partial charge on any atom is -0.228 e. The first-order valence-corrected chi connectivity index (χ1v) is 23.0. The zero-order valence-electron chi connectivity index (χ0n) is 35.1. The molecular weight excluding hydrogens is 805 g/mol. The van der Waals surface area contributed by atoms with Gasteiger partial charge in [-0.1, -0.05) is 194 Å². The lowest BCUT2D eigenvalue weighted by atomic mass is 9.86. The van der Waals surface area contributed by atoms with Crippen LogP contribution in [0.15, 0.2) is 218 Å². The number of nitrogens with zero attached hydrogens (tertiary/aromatic N) is 2. The van der Waals surface area contributed by atoms with E-state index in [1.54, 1.807) is 0 Å². The lowest BCUT2D eigenvalue weighted by Crippen LogP contribution is -1.97. The highest BCUT2D eigenvalue weighted by Crippen LogP contribution is 2.46. The van der Waals surface area contributed by atoms with Crippen molar-refractivity contribution in [2.45, 2.75) is 0 Å². The Kier molecular flexibility index (Phi) is 7.89. The van der Waals surface area contributed by atoms with Crippen LogP contribution in [0.5, 0.6) is 0 Å². The van der Waals surface area contributed by atoms with Crippen molar-refractivity contribution in [3.8, 4) is 56.2 Å². The van der Waals surface area contributed by atoms with Gasteiger partial charge >= 0.3 is 0 Å². The van der Waals surface area contributed by atoms with Gasteiger partial charge in [0.05, 0.1) is 11.4 Å². The summed E-state index contributed by atoms with van der Waals surface area (Å²) in [7, 11) is 0. The quantitative estimate of drug-likeness (QED) is 0.161. The van der Waals surface area contributed by atoms with Gasteiger partial charge in [-0.2, -0.15) is 0 Å². The maximum atomic E-state index is 5.36. The molecule has 0 atom stereocenters. The molecule has 2 aromatic heterocycles. The van der Waals surface area contributed by atoms with E-state index in [9.17, 15) is 0 Å². The van der Waals surface area contributed by atoms with E-state index in [4.69, 9.17) is 9.97 Å². The minimum absolute atomic E-state index is 0.700. The first-order valence-electron chi connectivity index (χ1n) is 22.2. The summed E-state index contributed by atoms with van der Waals surface area (Å²) in [6.45, 7) is 0. The van der Waals surface area contributed by atoms with Gasteiger partial charge in [0.2, 0.25) is 0 Å². The molecule has 0 fully saturated rings. The Labute approximate surface area is 378 Å². The van der Waals surface area contributed by atoms with Crippen molar-refractivity contribution in [3.63, 3.8) is 0 Å². The zero-order chi connectivity index (χ0) is 42.6. The molecule has 65 heavy (non-hydrogen) atoms. The summed E-state index contributed by atoms with van der Waals surface area (Å²) >= 11 is 1.86. The molecule has 14 aromatic rings. The van der Waals surface area contributed by atoms with Crippen LogP contribution in [-0.4, -0.2) is 9.97 Å². The van der Waals surface area contributed by atoms with Gasteiger partial charge in [0.15, 0.2) is 5.82 Å². The van der Waals surface area contributed by atoms with Gasteiger partial charge < -0.3 is 0 Å². The number of hydrogen-bond acceptors (Lipinski definition) is 3. The van der Waals surface area contributed by atoms with Gasteiger partial charge in [-0.25, -0.2) is 9.97 Å². The summed E-state index contributed by atoms with van der Waals surface area (Å²) in [5.74, 6) is 0.700. The van der Waals surface area contributed by atoms with Crippen LogP contribution in [0.1, 0.15) is 0 Å². The third kappa shape index (κ3) is 5.59.